The van der Waals surface area contributed by atoms with E-state index >= 15 is 0 Å². The minimum Gasteiger partial charge on any atom is -0.495 e. The van der Waals surface area contributed by atoms with Crippen LogP contribution in [0.2, 0.25) is 0 Å². The van der Waals surface area contributed by atoms with Gasteiger partial charge in [-0.05, 0) is 48.7 Å². The summed E-state index contributed by atoms with van der Waals surface area (Å²) in [6, 6.07) is 9.90. The lowest BCUT2D eigenvalue weighted by molar-refractivity contribution is -0.137. The summed E-state index contributed by atoms with van der Waals surface area (Å²) in [6.07, 6.45) is -2.72. The Kier molecular flexibility index (Phi) is 5.06. The quantitative estimate of drug-likeness (QED) is 0.820. The molecule has 2 aromatic rings. The first-order chi connectivity index (χ1) is 12.4. The average molecular weight is 365 g/mol. The van der Waals surface area contributed by atoms with Crippen LogP contribution in [0, 0.1) is 0 Å². The molecule has 0 aromatic heterocycles. The molecule has 7 heteroatoms. The van der Waals surface area contributed by atoms with E-state index < -0.39 is 11.7 Å². The standard InChI is InChI=1S/C19H18F3NO3/c1-25-16-6-2-4-13-5-3-11-23(18(13)16)17(24)12-26-15-9-7-14(8-10-15)19(20,21)22/h2,4,6-10H,3,5,11-12H2,1H3. The predicted molar refractivity (Wildman–Crippen MR) is 90.6 cm³/mol. The van der Waals surface area contributed by atoms with Crippen molar-refractivity contribution >= 4 is 11.6 Å². The van der Waals surface area contributed by atoms with Crippen LogP contribution in [0.1, 0.15) is 17.5 Å². The van der Waals surface area contributed by atoms with E-state index in [1.165, 1.54) is 12.1 Å². The third-order valence-electron chi connectivity index (χ3n) is 4.25. The van der Waals surface area contributed by atoms with Crippen LogP contribution in [0.5, 0.6) is 11.5 Å². The zero-order chi connectivity index (χ0) is 18.7. The van der Waals surface area contributed by atoms with Gasteiger partial charge < -0.3 is 14.4 Å². The molecule has 0 saturated carbocycles. The third kappa shape index (κ3) is 3.76. The monoisotopic (exact) mass is 365 g/mol. The van der Waals surface area contributed by atoms with Gasteiger partial charge in [0.1, 0.15) is 11.5 Å². The molecule has 26 heavy (non-hydrogen) atoms. The Hall–Kier alpha value is -2.70. The van der Waals surface area contributed by atoms with Gasteiger partial charge in [0.05, 0.1) is 18.4 Å². The SMILES string of the molecule is COc1cccc2c1N(C(=O)COc1ccc(C(F)(F)F)cc1)CCC2. The first-order valence-corrected chi connectivity index (χ1v) is 8.16. The topological polar surface area (TPSA) is 38.8 Å². The Morgan fingerprint density at radius 2 is 1.88 bits per heavy atom. The molecule has 138 valence electrons. The molecule has 4 nitrogen and oxygen atoms in total. The maximum absolute atomic E-state index is 12.6. The number of benzene rings is 2. The van der Waals surface area contributed by atoms with Gasteiger partial charge in [-0.2, -0.15) is 13.2 Å². The van der Waals surface area contributed by atoms with Crippen LogP contribution in [0.25, 0.3) is 0 Å². The second kappa shape index (κ2) is 7.27. The second-order valence-corrected chi connectivity index (χ2v) is 5.93. The van der Waals surface area contributed by atoms with Crippen molar-refractivity contribution in [2.24, 2.45) is 0 Å². The molecule has 0 fully saturated rings. The number of carbonyl (C=O) groups is 1. The summed E-state index contributed by atoms with van der Waals surface area (Å²) in [4.78, 5) is 14.2. The van der Waals surface area contributed by atoms with Gasteiger partial charge in [0.15, 0.2) is 6.61 Å². The van der Waals surface area contributed by atoms with Crippen molar-refractivity contribution < 1.29 is 27.4 Å². The van der Waals surface area contributed by atoms with Gasteiger partial charge >= 0.3 is 6.18 Å². The van der Waals surface area contributed by atoms with E-state index in [1.54, 1.807) is 18.1 Å². The summed E-state index contributed by atoms with van der Waals surface area (Å²) in [5.41, 5.74) is 1.01. The smallest absolute Gasteiger partial charge is 0.416 e. The largest absolute Gasteiger partial charge is 0.495 e. The maximum Gasteiger partial charge on any atom is 0.416 e. The molecule has 0 unspecified atom stereocenters. The Balaban J connectivity index is 1.70. The van der Waals surface area contributed by atoms with E-state index in [0.717, 1.165) is 36.2 Å². The molecule has 1 amide bonds. The number of carbonyl (C=O) groups excluding carboxylic acids is 1. The molecule has 0 atom stereocenters. The first kappa shape index (κ1) is 18.1. The summed E-state index contributed by atoms with van der Waals surface area (Å²) >= 11 is 0. The molecule has 0 spiro atoms. The van der Waals surface area contributed by atoms with Gasteiger partial charge in [0, 0.05) is 6.54 Å². The lowest BCUT2D eigenvalue weighted by Crippen LogP contribution is -2.38. The lowest BCUT2D eigenvalue weighted by Gasteiger charge is -2.30. The molecule has 0 radical (unpaired) electrons. The van der Waals surface area contributed by atoms with Gasteiger partial charge in [-0.1, -0.05) is 12.1 Å². The molecule has 0 bridgehead atoms. The molecule has 3 rings (SSSR count). The van der Waals surface area contributed by atoms with Crippen LogP contribution in [-0.4, -0.2) is 26.2 Å². The van der Waals surface area contributed by atoms with Crippen molar-refractivity contribution in [2.45, 2.75) is 19.0 Å². The fourth-order valence-electron chi connectivity index (χ4n) is 2.99. The van der Waals surface area contributed by atoms with E-state index in [0.29, 0.717) is 12.3 Å². The Labute approximate surface area is 149 Å². The number of fused-ring (bicyclic) bond motifs is 1. The molecule has 2 aromatic carbocycles. The first-order valence-electron chi connectivity index (χ1n) is 8.16. The van der Waals surface area contributed by atoms with Crippen molar-refractivity contribution in [1.82, 2.24) is 0 Å². The summed E-state index contributed by atoms with van der Waals surface area (Å²) in [6.45, 7) is 0.283. The Bertz CT molecular complexity index is 773. The number of aryl methyl sites for hydroxylation is 1. The molecular formula is C19H18F3NO3. The number of amides is 1. The highest BCUT2D eigenvalue weighted by Crippen LogP contribution is 2.36. The number of rotatable bonds is 4. The van der Waals surface area contributed by atoms with Crippen LogP contribution < -0.4 is 14.4 Å². The van der Waals surface area contributed by atoms with Crippen LogP contribution >= 0.6 is 0 Å². The molecule has 1 aliphatic heterocycles. The Morgan fingerprint density at radius 1 is 1.15 bits per heavy atom. The van der Waals surface area contributed by atoms with Crippen LogP contribution in [0.4, 0.5) is 18.9 Å². The van der Waals surface area contributed by atoms with Gasteiger partial charge in [0.2, 0.25) is 0 Å². The summed E-state index contributed by atoms with van der Waals surface area (Å²) in [5.74, 6) is 0.559. The van der Waals surface area contributed by atoms with E-state index in [1.807, 2.05) is 12.1 Å². The molecule has 0 saturated heterocycles. The second-order valence-electron chi connectivity index (χ2n) is 5.93. The van der Waals surface area contributed by atoms with E-state index in [2.05, 4.69) is 0 Å². The zero-order valence-electron chi connectivity index (χ0n) is 14.2. The maximum atomic E-state index is 12.6. The van der Waals surface area contributed by atoms with Crippen molar-refractivity contribution in [3.05, 3.63) is 53.6 Å². The number of methoxy groups -OCH3 is 1. The van der Waals surface area contributed by atoms with Gasteiger partial charge in [-0.15, -0.1) is 0 Å². The normalized spacial score (nSPS) is 13.9. The molecule has 1 heterocycles. The number of ether oxygens (including phenoxy) is 2. The average Bonchev–Trinajstić information content (AvgIpc) is 2.64. The molecular weight excluding hydrogens is 347 g/mol. The summed E-state index contributed by atoms with van der Waals surface area (Å²) in [7, 11) is 1.55. The molecule has 0 aliphatic carbocycles. The highest BCUT2D eigenvalue weighted by Gasteiger charge is 2.30. The van der Waals surface area contributed by atoms with Crippen molar-refractivity contribution in [3.63, 3.8) is 0 Å². The molecule has 1 aliphatic rings. The number of halogens is 3. The minimum absolute atomic E-state index is 0.212. The summed E-state index contributed by atoms with van der Waals surface area (Å²) < 4.78 is 48.5. The number of hydrogen-bond acceptors (Lipinski definition) is 3. The van der Waals surface area contributed by atoms with Crippen LogP contribution in [-0.2, 0) is 17.4 Å². The number of nitrogens with zero attached hydrogens (tertiary/aromatic N) is 1. The third-order valence-corrected chi connectivity index (χ3v) is 4.25. The lowest BCUT2D eigenvalue weighted by atomic mass is 10.0. The zero-order valence-corrected chi connectivity index (χ0v) is 14.2. The fourth-order valence-corrected chi connectivity index (χ4v) is 2.99. The Morgan fingerprint density at radius 3 is 2.54 bits per heavy atom. The predicted octanol–water partition coefficient (Wildman–Crippen LogP) is 4.07. The fraction of sp³-hybridized carbons (Fsp3) is 0.316. The number of anilines is 1. The van der Waals surface area contributed by atoms with Gasteiger partial charge in [-0.3, -0.25) is 4.79 Å². The number of alkyl halides is 3. The van der Waals surface area contributed by atoms with Gasteiger partial charge in [0.25, 0.3) is 5.91 Å². The summed E-state index contributed by atoms with van der Waals surface area (Å²) in [5, 5.41) is 0. The van der Waals surface area contributed by atoms with Gasteiger partial charge in [-0.25, -0.2) is 0 Å². The van der Waals surface area contributed by atoms with Crippen molar-refractivity contribution in [2.75, 3.05) is 25.2 Å². The van der Waals surface area contributed by atoms with Crippen molar-refractivity contribution in [1.29, 1.82) is 0 Å². The van der Waals surface area contributed by atoms with E-state index in [9.17, 15) is 18.0 Å². The highest BCUT2D eigenvalue weighted by molar-refractivity contribution is 5.97. The van der Waals surface area contributed by atoms with E-state index in [4.69, 9.17) is 9.47 Å². The highest BCUT2D eigenvalue weighted by atomic mass is 19.4. The van der Waals surface area contributed by atoms with Crippen LogP contribution in [0.15, 0.2) is 42.5 Å². The minimum atomic E-state index is -4.40. The molecule has 0 N–H and O–H groups in total. The van der Waals surface area contributed by atoms with E-state index in [-0.39, 0.29) is 18.3 Å². The van der Waals surface area contributed by atoms with Crippen LogP contribution in [0.3, 0.4) is 0 Å². The number of para-hydroxylation sites is 1. The van der Waals surface area contributed by atoms with Crippen molar-refractivity contribution in [3.8, 4) is 11.5 Å². The number of hydrogen-bond donors (Lipinski definition) is 0.